The summed E-state index contributed by atoms with van der Waals surface area (Å²) >= 11 is 0. The highest BCUT2D eigenvalue weighted by atomic mass is 16.5. The molecule has 5 heteroatoms. The highest BCUT2D eigenvalue weighted by Gasteiger charge is 2.36. The topological polar surface area (TPSA) is 87.0 Å². The molecule has 0 aliphatic carbocycles. The first-order valence-electron chi connectivity index (χ1n) is 3.76. The summed E-state index contributed by atoms with van der Waals surface area (Å²) in [5.41, 5.74) is 0. The van der Waals surface area contributed by atoms with Crippen molar-refractivity contribution >= 4 is 6.29 Å². The van der Waals surface area contributed by atoms with Crippen LogP contribution < -0.4 is 0 Å². The standard InChI is InChI=1S/C7H12O5/c8-2-1-5-7(11)6(10)4(9)3-12-5/h2,4-7,9-11H,1,3H2/t4-,5+,6+,7+/m1/s1. The maximum Gasteiger partial charge on any atom is 0.122 e. The third kappa shape index (κ3) is 1.81. The van der Waals surface area contributed by atoms with E-state index in [1.54, 1.807) is 0 Å². The molecule has 1 fully saturated rings. The Morgan fingerprint density at radius 1 is 1.33 bits per heavy atom. The minimum atomic E-state index is -1.22. The summed E-state index contributed by atoms with van der Waals surface area (Å²) in [5, 5.41) is 27.4. The first kappa shape index (κ1) is 9.60. The number of ether oxygens (including phenoxy) is 1. The Morgan fingerprint density at radius 3 is 2.58 bits per heavy atom. The van der Waals surface area contributed by atoms with Crippen LogP contribution in [0, 0.1) is 0 Å². The van der Waals surface area contributed by atoms with Gasteiger partial charge in [0, 0.05) is 6.42 Å². The Morgan fingerprint density at radius 2 is 2.00 bits per heavy atom. The van der Waals surface area contributed by atoms with Gasteiger partial charge in [-0.1, -0.05) is 0 Å². The van der Waals surface area contributed by atoms with E-state index in [0.29, 0.717) is 6.29 Å². The van der Waals surface area contributed by atoms with E-state index in [2.05, 4.69) is 0 Å². The molecule has 1 aliphatic heterocycles. The minimum absolute atomic E-state index is 0.0327. The summed E-state index contributed by atoms with van der Waals surface area (Å²) < 4.78 is 4.92. The summed E-state index contributed by atoms with van der Waals surface area (Å²) in [4.78, 5) is 10.1. The van der Waals surface area contributed by atoms with E-state index >= 15 is 0 Å². The van der Waals surface area contributed by atoms with E-state index in [1.807, 2.05) is 0 Å². The fourth-order valence-electron chi connectivity index (χ4n) is 1.17. The van der Waals surface area contributed by atoms with Crippen molar-refractivity contribution in [1.82, 2.24) is 0 Å². The average Bonchev–Trinajstić information content (AvgIpc) is 2.07. The van der Waals surface area contributed by atoms with Gasteiger partial charge < -0.3 is 24.9 Å². The van der Waals surface area contributed by atoms with Crippen LogP contribution in [0.3, 0.4) is 0 Å². The first-order valence-corrected chi connectivity index (χ1v) is 3.76. The fourth-order valence-corrected chi connectivity index (χ4v) is 1.17. The van der Waals surface area contributed by atoms with Crippen molar-refractivity contribution in [1.29, 1.82) is 0 Å². The van der Waals surface area contributed by atoms with Gasteiger partial charge in [-0.05, 0) is 0 Å². The van der Waals surface area contributed by atoms with E-state index in [0.717, 1.165) is 0 Å². The lowest BCUT2D eigenvalue weighted by molar-refractivity contribution is -0.187. The number of aliphatic hydroxyl groups excluding tert-OH is 3. The van der Waals surface area contributed by atoms with Gasteiger partial charge in [-0.3, -0.25) is 0 Å². The highest BCUT2D eigenvalue weighted by Crippen LogP contribution is 2.16. The number of carbonyl (C=O) groups is 1. The maximum absolute atomic E-state index is 10.1. The van der Waals surface area contributed by atoms with Crippen LogP contribution in [0.4, 0.5) is 0 Å². The molecule has 5 nitrogen and oxygen atoms in total. The fraction of sp³-hybridized carbons (Fsp3) is 0.857. The SMILES string of the molecule is O=CC[C@@H]1OC[C@@H](O)[C@H](O)[C@H]1O. The second-order valence-electron chi connectivity index (χ2n) is 2.82. The van der Waals surface area contributed by atoms with Gasteiger partial charge in [-0.25, -0.2) is 0 Å². The number of hydrogen-bond donors (Lipinski definition) is 3. The third-order valence-corrected chi connectivity index (χ3v) is 1.93. The molecule has 12 heavy (non-hydrogen) atoms. The van der Waals surface area contributed by atoms with Crippen LogP contribution in [-0.2, 0) is 9.53 Å². The molecule has 0 radical (unpaired) electrons. The van der Waals surface area contributed by atoms with Gasteiger partial charge in [0.2, 0.25) is 0 Å². The average molecular weight is 176 g/mol. The van der Waals surface area contributed by atoms with Gasteiger partial charge in [0.05, 0.1) is 12.7 Å². The maximum atomic E-state index is 10.1. The van der Waals surface area contributed by atoms with Gasteiger partial charge in [0.15, 0.2) is 0 Å². The van der Waals surface area contributed by atoms with Crippen molar-refractivity contribution < 1.29 is 24.9 Å². The highest BCUT2D eigenvalue weighted by molar-refractivity contribution is 5.50. The Hall–Kier alpha value is -0.490. The lowest BCUT2D eigenvalue weighted by Crippen LogP contribution is -2.52. The smallest absolute Gasteiger partial charge is 0.122 e. The predicted molar refractivity (Wildman–Crippen MR) is 38.4 cm³/mol. The van der Waals surface area contributed by atoms with E-state index < -0.39 is 24.4 Å². The van der Waals surface area contributed by atoms with Gasteiger partial charge in [0.25, 0.3) is 0 Å². The molecule has 1 heterocycles. The monoisotopic (exact) mass is 176 g/mol. The molecule has 1 rings (SSSR count). The molecule has 0 amide bonds. The van der Waals surface area contributed by atoms with Crippen molar-refractivity contribution in [3.8, 4) is 0 Å². The minimum Gasteiger partial charge on any atom is -0.388 e. The molecule has 0 unspecified atom stereocenters. The number of aliphatic hydroxyl groups is 3. The molecule has 1 aliphatic rings. The van der Waals surface area contributed by atoms with Crippen molar-refractivity contribution in [3.63, 3.8) is 0 Å². The van der Waals surface area contributed by atoms with Crippen molar-refractivity contribution in [2.45, 2.75) is 30.8 Å². The third-order valence-electron chi connectivity index (χ3n) is 1.93. The first-order chi connectivity index (χ1) is 5.66. The molecular weight excluding hydrogens is 164 g/mol. The molecule has 0 bridgehead atoms. The van der Waals surface area contributed by atoms with Gasteiger partial charge in [0.1, 0.15) is 24.6 Å². The number of hydrogen-bond acceptors (Lipinski definition) is 5. The van der Waals surface area contributed by atoms with Crippen LogP contribution in [0.5, 0.6) is 0 Å². The quantitative estimate of drug-likeness (QED) is 0.426. The lowest BCUT2D eigenvalue weighted by Gasteiger charge is -2.34. The molecule has 0 aromatic rings. The molecule has 0 aromatic heterocycles. The Labute approximate surface area is 69.6 Å². The molecule has 4 atom stereocenters. The summed E-state index contributed by atoms with van der Waals surface area (Å²) in [6, 6.07) is 0. The summed E-state index contributed by atoms with van der Waals surface area (Å²) in [7, 11) is 0. The Kier molecular flexibility index (Phi) is 3.16. The van der Waals surface area contributed by atoms with Crippen LogP contribution >= 0.6 is 0 Å². The second kappa shape index (κ2) is 3.95. The van der Waals surface area contributed by atoms with E-state index in [1.165, 1.54) is 0 Å². The molecular formula is C7H12O5. The largest absolute Gasteiger partial charge is 0.388 e. The number of rotatable bonds is 2. The zero-order valence-corrected chi connectivity index (χ0v) is 6.46. The van der Waals surface area contributed by atoms with E-state index in [4.69, 9.17) is 14.9 Å². The zero-order valence-electron chi connectivity index (χ0n) is 6.46. The van der Waals surface area contributed by atoms with Crippen molar-refractivity contribution in [2.24, 2.45) is 0 Å². The van der Waals surface area contributed by atoms with Crippen LogP contribution in [-0.4, -0.2) is 52.6 Å². The predicted octanol–water partition coefficient (Wildman–Crippen LogP) is -1.94. The molecule has 0 saturated carbocycles. The van der Waals surface area contributed by atoms with Crippen molar-refractivity contribution in [2.75, 3.05) is 6.61 Å². The van der Waals surface area contributed by atoms with Gasteiger partial charge in [-0.15, -0.1) is 0 Å². The van der Waals surface area contributed by atoms with Crippen molar-refractivity contribution in [3.05, 3.63) is 0 Å². The normalized spacial score (nSPS) is 42.6. The van der Waals surface area contributed by atoms with E-state index in [-0.39, 0.29) is 13.0 Å². The lowest BCUT2D eigenvalue weighted by atomic mass is 9.98. The van der Waals surface area contributed by atoms with Crippen LogP contribution in [0.2, 0.25) is 0 Å². The van der Waals surface area contributed by atoms with Crippen LogP contribution in [0.25, 0.3) is 0 Å². The Balaban J connectivity index is 2.52. The number of aldehydes is 1. The molecule has 70 valence electrons. The summed E-state index contributed by atoms with van der Waals surface area (Å²) in [6.45, 7) is -0.0449. The van der Waals surface area contributed by atoms with Crippen LogP contribution in [0.1, 0.15) is 6.42 Å². The molecule has 0 spiro atoms. The van der Waals surface area contributed by atoms with Crippen LogP contribution in [0.15, 0.2) is 0 Å². The zero-order chi connectivity index (χ0) is 9.14. The summed E-state index contributed by atoms with van der Waals surface area (Å²) in [5.74, 6) is 0. The molecule has 0 aromatic carbocycles. The molecule has 1 saturated heterocycles. The van der Waals surface area contributed by atoms with Gasteiger partial charge >= 0.3 is 0 Å². The summed E-state index contributed by atoms with van der Waals surface area (Å²) in [6.07, 6.45) is -3.52. The Bertz CT molecular complexity index is 160. The number of carbonyl (C=O) groups excluding carboxylic acids is 1. The second-order valence-corrected chi connectivity index (χ2v) is 2.82. The van der Waals surface area contributed by atoms with Gasteiger partial charge in [-0.2, -0.15) is 0 Å². The molecule has 3 N–H and O–H groups in total. The van der Waals surface area contributed by atoms with E-state index in [9.17, 15) is 9.90 Å².